The Balaban J connectivity index is 1.42. The van der Waals surface area contributed by atoms with E-state index in [4.69, 9.17) is 0 Å². The lowest BCUT2D eigenvalue weighted by atomic mass is 9.90. The molecule has 1 N–H and O–H groups in total. The standard InChI is InChI=1S/C20H28N2O3S/c23-20(12-15-7-8-16-5-1-2-6-17(16)11-15)21-18-13-26(24,25)14-19(18)22-9-3-4-10-22/h7-8,11,18-19H,1-6,9-10,12-14H2,(H,21,23)/t18-,19-/m0/s1. The molecule has 1 aromatic carbocycles. The highest BCUT2D eigenvalue weighted by Crippen LogP contribution is 2.24. The first-order chi connectivity index (χ1) is 12.5. The van der Waals surface area contributed by atoms with Crippen molar-refractivity contribution in [3.05, 3.63) is 34.9 Å². The monoisotopic (exact) mass is 376 g/mol. The van der Waals surface area contributed by atoms with Crippen LogP contribution >= 0.6 is 0 Å². The van der Waals surface area contributed by atoms with E-state index >= 15 is 0 Å². The second-order valence-corrected chi connectivity index (χ2v) is 10.2. The maximum atomic E-state index is 12.6. The number of amides is 1. The van der Waals surface area contributed by atoms with Crippen LogP contribution in [-0.2, 0) is 33.9 Å². The summed E-state index contributed by atoms with van der Waals surface area (Å²) in [5, 5.41) is 3.03. The van der Waals surface area contributed by atoms with Crippen LogP contribution < -0.4 is 5.32 Å². The summed E-state index contributed by atoms with van der Waals surface area (Å²) in [5.41, 5.74) is 3.82. The van der Waals surface area contributed by atoms with E-state index in [9.17, 15) is 13.2 Å². The lowest BCUT2D eigenvalue weighted by molar-refractivity contribution is -0.121. The highest BCUT2D eigenvalue weighted by atomic mass is 32.2. The summed E-state index contributed by atoms with van der Waals surface area (Å²) >= 11 is 0. The Hall–Kier alpha value is -1.40. The van der Waals surface area contributed by atoms with Gasteiger partial charge in [0.05, 0.1) is 24.0 Å². The Labute approximate surface area is 156 Å². The number of aryl methyl sites for hydroxylation is 2. The van der Waals surface area contributed by atoms with Crippen LogP contribution in [0, 0.1) is 0 Å². The molecule has 1 aliphatic carbocycles. The number of hydrogen-bond donors (Lipinski definition) is 1. The molecule has 0 radical (unpaired) electrons. The zero-order chi connectivity index (χ0) is 18.1. The van der Waals surface area contributed by atoms with Gasteiger partial charge < -0.3 is 5.32 Å². The van der Waals surface area contributed by atoms with Crippen molar-refractivity contribution in [3.63, 3.8) is 0 Å². The second kappa shape index (κ2) is 7.31. The minimum absolute atomic E-state index is 0.0602. The molecule has 1 aromatic rings. The average molecular weight is 377 g/mol. The van der Waals surface area contributed by atoms with Gasteiger partial charge in [0.2, 0.25) is 5.91 Å². The normalized spacial score (nSPS) is 28.0. The minimum atomic E-state index is -3.07. The molecule has 0 saturated carbocycles. The van der Waals surface area contributed by atoms with E-state index in [1.54, 1.807) is 0 Å². The Morgan fingerprint density at radius 2 is 1.77 bits per heavy atom. The van der Waals surface area contributed by atoms with E-state index in [1.165, 1.54) is 24.0 Å². The quantitative estimate of drug-likeness (QED) is 0.865. The maximum Gasteiger partial charge on any atom is 0.224 e. The van der Waals surface area contributed by atoms with Crippen molar-refractivity contribution in [1.29, 1.82) is 0 Å². The molecule has 26 heavy (non-hydrogen) atoms. The third-order valence-electron chi connectivity index (χ3n) is 6.06. The minimum Gasteiger partial charge on any atom is -0.350 e. The molecule has 0 spiro atoms. The van der Waals surface area contributed by atoms with Crippen LogP contribution in [0.15, 0.2) is 18.2 Å². The van der Waals surface area contributed by atoms with Gasteiger partial charge in [0.15, 0.2) is 9.84 Å². The van der Waals surface area contributed by atoms with Crippen LogP contribution in [0.2, 0.25) is 0 Å². The van der Waals surface area contributed by atoms with Crippen molar-refractivity contribution >= 4 is 15.7 Å². The third kappa shape index (κ3) is 3.96. The average Bonchev–Trinajstić information content (AvgIpc) is 3.22. The zero-order valence-corrected chi connectivity index (χ0v) is 16.1. The molecule has 1 amide bonds. The number of likely N-dealkylation sites (tertiary alicyclic amines) is 1. The van der Waals surface area contributed by atoms with E-state index in [-0.39, 0.29) is 29.5 Å². The smallest absolute Gasteiger partial charge is 0.224 e. The first kappa shape index (κ1) is 18.0. The van der Waals surface area contributed by atoms with E-state index in [2.05, 4.69) is 22.3 Å². The van der Waals surface area contributed by atoms with E-state index in [0.717, 1.165) is 44.3 Å². The predicted octanol–water partition coefficient (Wildman–Crippen LogP) is 1.49. The first-order valence-electron chi connectivity index (χ1n) is 9.85. The molecular formula is C20H28N2O3S. The number of hydrogen-bond acceptors (Lipinski definition) is 4. The lowest BCUT2D eigenvalue weighted by Gasteiger charge is -2.28. The van der Waals surface area contributed by atoms with Gasteiger partial charge in [-0.25, -0.2) is 8.42 Å². The molecule has 0 aromatic heterocycles. The SMILES string of the molecule is O=C(Cc1ccc2c(c1)CCCC2)N[C@H]1CS(=O)(=O)C[C@@H]1N1CCCC1. The number of carbonyl (C=O) groups is 1. The molecule has 142 valence electrons. The third-order valence-corrected chi connectivity index (χ3v) is 7.77. The summed E-state index contributed by atoms with van der Waals surface area (Å²) < 4.78 is 24.3. The molecule has 2 saturated heterocycles. The highest BCUT2D eigenvalue weighted by Gasteiger charge is 2.42. The molecule has 2 heterocycles. The number of rotatable bonds is 4. The van der Waals surface area contributed by atoms with Crippen molar-refractivity contribution in [2.24, 2.45) is 0 Å². The van der Waals surface area contributed by atoms with Crippen LogP contribution in [-0.4, -0.2) is 55.9 Å². The Morgan fingerprint density at radius 1 is 1.04 bits per heavy atom. The van der Waals surface area contributed by atoms with Gasteiger partial charge in [0.1, 0.15) is 0 Å². The maximum absolute atomic E-state index is 12.6. The fourth-order valence-corrected chi connectivity index (χ4v) is 6.69. The first-order valence-corrected chi connectivity index (χ1v) is 11.7. The summed E-state index contributed by atoms with van der Waals surface area (Å²) in [4.78, 5) is 14.8. The van der Waals surface area contributed by atoms with Crippen molar-refractivity contribution in [3.8, 4) is 0 Å². The Bertz CT molecular complexity index is 784. The largest absolute Gasteiger partial charge is 0.350 e. The van der Waals surface area contributed by atoms with E-state index < -0.39 is 9.84 Å². The summed E-state index contributed by atoms with van der Waals surface area (Å²) in [6, 6.07) is 6.03. The van der Waals surface area contributed by atoms with Crippen molar-refractivity contribution in [2.45, 2.75) is 57.0 Å². The van der Waals surface area contributed by atoms with Gasteiger partial charge in [0.25, 0.3) is 0 Å². The Kier molecular flexibility index (Phi) is 5.06. The van der Waals surface area contributed by atoms with Gasteiger partial charge in [-0.1, -0.05) is 18.2 Å². The topological polar surface area (TPSA) is 66.5 Å². The van der Waals surface area contributed by atoms with E-state index in [1.807, 2.05) is 6.07 Å². The number of fused-ring (bicyclic) bond motifs is 1. The fraction of sp³-hybridized carbons (Fsp3) is 0.650. The van der Waals surface area contributed by atoms with Crippen LogP contribution in [0.4, 0.5) is 0 Å². The van der Waals surface area contributed by atoms with Gasteiger partial charge in [-0.05, 0) is 68.3 Å². The second-order valence-electron chi connectivity index (χ2n) is 8.05. The number of carbonyl (C=O) groups excluding carboxylic acids is 1. The number of sulfone groups is 1. The molecule has 5 nitrogen and oxygen atoms in total. The van der Waals surface area contributed by atoms with Gasteiger partial charge in [-0.15, -0.1) is 0 Å². The van der Waals surface area contributed by atoms with Crippen LogP contribution in [0.5, 0.6) is 0 Å². The van der Waals surface area contributed by atoms with E-state index in [0.29, 0.717) is 6.42 Å². The predicted molar refractivity (Wildman–Crippen MR) is 102 cm³/mol. The van der Waals surface area contributed by atoms with Crippen molar-refractivity contribution in [2.75, 3.05) is 24.6 Å². The molecule has 4 rings (SSSR count). The lowest BCUT2D eigenvalue weighted by Crippen LogP contribution is -2.50. The highest BCUT2D eigenvalue weighted by molar-refractivity contribution is 7.91. The summed E-state index contributed by atoms with van der Waals surface area (Å²) in [7, 11) is -3.07. The van der Waals surface area contributed by atoms with Crippen LogP contribution in [0.1, 0.15) is 42.4 Å². The van der Waals surface area contributed by atoms with Gasteiger partial charge in [-0.3, -0.25) is 9.69 Å². The molecule has 6 heteroatoms. The molecule has 3 aliphatic rings. The number of nitrogens with zero attached hydrogens (tertiary/aromatic N) is 1. The van der Waals surface area contributed by atoms with Crippen molar-refractivity contribution < 1.29 is 13.2 Å². The van der Waals surface area contributed by atoms with Gasteiger partial charge in [-0.2, -0.15) is 0 Å². The molecule has 2 atom stereocenters. The van der Waals surface area contributed by atoms with Crippen molar-refractivity contribution in [1.82, 2.24) is 10.2 Å². The van der Waals surface area contributed by atoms with Gasteiger partial charge >= 0.3 is 0 Å². The number of nitrogens with one attached hydrogen (secondary N) is 1. The van der Waals surface area contributed by atoms with Crippen LogP contribution in [0.3, 0.4) is 0 Å². The Morgan fingerprint density at radius 3 is 2.54 bits per heavy atom. The summed E-state index contributed by atoms with van der Waals surface area (Å²) in [5.74, 6) is 0.188. The van der Waals surface area contributed by atoms with Crippen LogP contribution in [0.25, 0.3) is 0 Å². The number of benzene rings is 1. The zero-order valence-electron chi connectivity index (χ0n) is 15.2. The molecule has 0 bridgehead atoms. The molecule has 0 unspecified atom stereocenters. The molecule has 2 fully saturated rings. The molecule has 2 aliphatic heterocycles. The fourth-order valence-electron chi connectivity index (χ4n) is 4.74. The summed E-state index contributed by atoms with van der Waals surface area (Å²) in [6.45, 7) is 1.88. The molecular weight excluding hydrogens is 348 g/mol. The summed E-state index contributed by atoms with van der Waals surface area (Å²) in [6.07, 6.45) is 7.28. The van der Waals surface area contributed by atoms with Gasteiger partial charge in [0, 0.05) is 6.04 Å².